The molecule has 0 radical (unpaired) electrons. The molecular formula is C32H22F2N10O7. The van der Waals surface area contributed by atoms with Crippen molar-refractivity contribution in [1.29, 1.82) is 0 Å². The summed E-state index contributed by atoms with van der Waals surface area (Å²) < 4.78 is 38.5. The van der Waals surface area contributed by atoms with Gasteiger partial charge in [-0.3, -0.25) is 18.7 Å². The first-order valence-electron chi connectivity index (χ1n) is 14.6. The Hall–Kier alpha value is -7.44. The number of aromatic nitrogens is 8. The van der Waals surface area contributed by atoms with E-state index in [9.17, 15) is 33.8 Å². The minimum absolute atomic E-state index is 0.111. The predicted molar refractivity (Wildman–Crippen MR) is 170 cm³/mol. The van der Waals surface area contributed by atoms with E-state index >= 15 is 4.39 Å². The van der Waals surface area contributed by atoms with E-state index in [0.29, 0.717) is 17.7 Å². The third-order valence-electron chi connectivity index (χ3n) is 7.15. The average molecular weight is 697 g/mol. The molecule has 0 spiro atoms. The highest BCUT2D eigenvalue weighted by Gasteiger charge is 2.21. The van der Waals surface area contributed by atoms with Crippen LogP contribution >= 0.6 is 0 Å². The highest BCUT2D eigenvalue weighted by molar-refractivity contribution is 6.07. The molecule has 0 fully saturated rings. The average Bonchev–Trinajstić information content (AvgIpc) is 3.86. The van der Waals surface area contributed by atoms with E-state index in [4.69, 9.17) is 4.74 Å². The molecule has 0 unspecified atom stereocenters. The van der Waals surface area contributed by atoms with E-state index < -0.39 is 64.6 Å². The number of carboxylic acids is 2. The number of halogens is 2. The van der Waals surface area contributed by atoms with E-state index in [1.807, 2.05) is 0 Å². The fraction of sp³-hybridized carbons (Fsp3) is 0.0625. The van der Waals surface area contributed by atoms with Gasteiger partial charge in [-0.15, -0.1) is 20.4 Å². The van der Waals surface area contributed by atoms with E-state index in [1.54, 1.807) is 21.5 Å². The molecule has 4 N–H and O–H groups in total. The van der Waals surface area contributed by atoms with Gasteiger partial charge < -0.3 is 25.6 Å². The quantitative estimate of drug-likeness (QED) is 0.144. The van der Waals surface area contributed by atoms with Gasteiger partial charge in [-0.05, 0) is 48.0 Å². The standard InChI is InChI=1S/C32H22F2N10O7/c33-20-12-18(31(47)48)24(37-29(45)22-1-3-27(41-39-22)43-8-6-35-15-43)11-17(20)5-10-51-26-13-19(32(49)50)25(14-21(26)34)38-30(46)23-2-4-28(42-40-23)44-9-7-36-16-44/h1-4,6-9,11-16H,5,10H2,(H,37,45)(H,38,46)(H,47,48)(H,49,50). The maximum Gasteiger partial charge on any atom is 0.337 e. The first-order valence-corrected chi connectivity index (χ1v) is 14.6. The summed E-state index contributed by atoms with van der Waals surface area (Å²) in [4.78, 5) is 57.2. The zero-order chi connectivity index (χ0) is 36.1. The van der Waals surface area contributed by atoms with Gasteiger partial charge in [-0.1, -0.05) is 0 Å². The van der Waals surface area contributed by atoms with Gasteiger partial charge in [0.15, 0.2) is 34.6 Å². The van der Waals surface area contributed by atoms with Crippen molar-refractivity contribution >= 4 is 35.1 Å². The maximum absolute atomic E-state index is 15.1. The van der Waals surface area contributed by atoms with Crippen molar-refractivity contribution in [1.82, 2.24) is 39.5 Å². The zero-order valence-electron chi connectivity index (χ0n) is 25.8. The summed E-state index contributed by atoms with van der Waals surface area (Å²) >= 11 is 0. The zero-order valence-corrected chi connectivity index (χ0v) is 25.8. The van der Waals surface area contributed by atoms with Crippen molar-refractivity contribution in [3.63, 3.8) is 0 Å². The Morgan fingerprint density at radius 2 is 1.22 bits per heavy atom. The molecule has 51 heavy (non-hydrogen) atoms. The molecule has 4 heterocycles. The summed E-state index contributed by atoms with van der Waals surface area (Å²) in [7, 11) is 0. The topological polar surface area (TPSA) is 229 Å². The van der Waals surface area contributed by atoms with Gasteiger partial charge in [-0.2, -0.15) is 0 Å². The number of nitrogens with one attached hydrogen (secondary N) is 2. The maximum atomic E-state index is 15.1. The molecule has 6 rings (SSSR count). The van der Waals surface area contributed by atoms with Crippen molar-refractivity contribution in [2.45, 2.75) is 6.42 Å². The smallest absolute Gasteiger partial charge is 0.337 e. The summed E-state index contributed by atoms with van der Waals surface area (Å²) in [5, 5.41) is 39.6. The first-order chi connectivity index (χ1) is 24.6. The molecule has 0 saturated carbocycles. The van der Waals surface area contributed by atoms with Crippen molar-refractivity contribution in [3.05, 3.63) is 126 Å². The number of amides is 2. The van der Waals surface area contributed by atoms with Crippen LogP contribution in [-0.4, -0.2) is 80.1 Å². The second-order valence-corrected chi connectivity index (χ2v) is 10.4. The van der Waals surface area contributed by atoms with Crippen molar-refractivity contribution < 1.29 is 42.9 Å². The SMILES string of the molecule is O=C(Nc1cc(CCOc2cc(C(=O)O)c(NC(=O)c3ccc(-n4ccnc4)nn3)cc2F)c(F)cc1C(=O)O)c1ccc(-n2ccnc2)nn1. The number of anilines is 2. The summed E-state index contributed by atoms with van der Waals surface area (Å²) in [5.74, 6) is -6.53. The first kappa shape index (κ1) is 33.5. The van der Waals surface area contributed by atoms with Gasteiger partial charge in [-0.25, -0.2) is 28.3 Å². The number of hydrogen-bond donors (Lipinski definition) is 4. The van der Waals surface area contributed by atoms with E-state index in [2.05, 4.69) is 41.0 Å². The molecule has 2 amide bonds. The third-order valence-corrected chi connectivity index (χ3v) is 7.15. The van der Waals surface area contributed by atoms with Crippen LogP contribution in [0.4, 0.5) is 20.2 Å². The van der Waals surface area contributed by atoms with Crippen LogP contribution in [0.3, 0.4) is 0 Å². The molecule has 17 nitrogen and oxygen atoms in total. The minimum atomic E-state index is -1.53. The van der Waals surface area contributed by atoms with Crippen molar-refractivity contribution in [2.24, 2.45) is 0 Å². The molecule has 6 aromatic rings. The van der Waals surface area contributed by atoms with E-state index in [-0.39, 0.29) is 29.1 Å². The highest BCUT2D eigenvalue weighted by Crippen LogP contribution is 2.28. The molecule has 0 bridgehead atoms. The highest BCUT2D eigenvalue weighted by atomic mass is 19.1. The number of imidazole rings is 2. The number of nitrogens with zero attached hydrogens (tertiary/aromatic N) is 8. The lowest BCUT2D eigenvalue weighted by Gasteiger charge is -2.14. The molecule has 256 valence electrons. The summed E-state index contributed by atoms with van der Waals surface area (Å²) in [5.41, 5.74) is -2.18. The molecule has 4 aromatic heterocycles. The molecule has 0 saturated heterocycles. The molecule has 0 aliphatic rings. The van der Waals surface area contributed by atoms with Crippen LogP contribution in [0.1, 0.15) is 47.3 Å². The number of ether oxygens (including phenoxy) is 1. The van der Waals surface area contributed by atoms with Crippen LogP contribution < -0.4 is 15.4 Å². The van der Waals surface area contributed by atoms with Crippen LogP contribution in [0, 0.1) is 11.6 Å². The minimum Gasteiger partial charge on any atom is -0.490 e. The predicted octanol–water partition coefficient (Wildman–Crippen LogP) is 3.44. The summed E-state index contributed by atoms with van der Waals surface area (Å²) in [6.07, 6.45) is 8.96. The Morgan fingerprint density at radius 1 is 0.686 bits per heavy atom. The number of carboxylic acid groups (broad SMARTS) is 2. The number of benzene rings is 2. The van der Waals surface area contributed by atoms with Gasteiger partial charge in [0.05, 0.1) is 29.1 Å². The normalized spacial score (nSPS) is 10.8. The Balaban J connectivity index is 1.14. The number of carbonyl (C=O) groups is 4. The molecule has 0 atom stereocenters. The molecule has 19 heteroatoms. The fourth-order valence-electron chi connectivity index (χ4n) is 4.64. The Kier molecular flexibility index (Phi) is 9.42. The van der Waals surface area contributed by atoms with Gasteiger partial charge in [0.2, 0.25) is 0 Å². The lowest BCUT2D eigenvalue weighted by atomic mass is 10.1. The van der Waals surface area contributed by atoms with Crippen LogP contribution in [0.2, 0.25) is 0 Å². The molecule has 2 aromatic carbocycles. The Labute approximate surface area is 284 Å². The van der Waals surface area contributed by atoms with Crippen LogP contribution in [0.15, 0.2) is 86.0 Å². The monoisotopic (exact) mass is 696 g/mol. The van der Waals surface area contributed by atoms with Crippen LogP contribution in [-0.2, 0) is 6.42 Å². The lowest BCUT2D eigenvalue weighted by molar-refractivity contribution is 0.0686. The van der Waals surface area contributed by atoms with E-state index in [0.717, 1.165) is 18.2 Å². The van der Waals surface area contributed by atoms with Gasteiger partial charge >= 0.3 is 11.9 Å². The largest absolute Gasteiger partial charge is 0.490 e. The molecule has 0 aliphatic heterocycles. The number of aromatic carboxylic acids is 2. The van der Waals surface area contributed by atoms with Gasteiger partial charge in [0.25, 0.3) is 11.8 Å². The second-order valence-electron chi connectivity index (χ2n) is 10.4. The summed E-state index contributed by atoms with van der Waals surface area (Å²) in [6, 6.07) is 9.02. The van der Waals surface area contributed by atoms with Crippen LogP contribution in [0.5, 0.6) is 5.75 Å². The number of carbonyl (C=O) groups excluding carboxylic acids is 2. The lowest BCUT2D eigenvalue weighted by Crippen LogP contribution is -2.18. The Morgan fingerprint density at radius 3 is 1.69 bits per heavy atom. The number of rotatable bonds is 12. The molecule has 0 aliphatic carbocycles. The van der Waals surface area contributed by atoms with Crippen molar-refractivity contribution in [2.75, 3.05) is 17.2 Å². The summed E-state index contributed by atoms with van der Waals surface area (Å²) in [6.45, 7) is -0.404. The number of hydrogen-bond acceptors (Lipinski definition) is 11. The van der Waals surface area contributed by atoms with Crippen molar-refractivity contribution in [3.8, 4) is 17.4 Å². The Bertz CT molecular complexity index is 2250. The fourth-order valence-corrected chi connectivity index (χ4v) is 4.64. The van der Waals surface area contributed by atoms with Gasteiger partial charge in [0.1, 0.15) is 18.5 Å². The van der Waals surface area contributed by atoms with Crippen LogP contribution in [0.25, 0.3) is 11.6 Å². The molecular weight excluding hydrogens is 674 g/mol. The van der Waals surface area contributed by atoms with Gasteiger partial charge in [0, 0.05) is 37.3 Å². The second kappa shape index (κ2) is 14.4. The third kappa shape index (κ3) is 7.51. The van der Waals surface area contributed by atoms with E-state index in [1.165, 1.54) is 49.3 Å².